The molecule has 4 heteroatoms. The van der Waals surface area contributed by atoms with E-state index in [0.717, 1.165) is 44.5 Å². The van der Waals surface area contributed by atoms with E-state index >= 15 is 0 Å². The van der Waals surface area contributed by atoms with Gasteiger partial charge < -0.3 is 9.80 Å². The Labute approximate surface area is 119 Å². The molecule has 0 N–H and O–H groups in total. The number of piperidine rings is 1. The number of anilines is 1. The van der Waals surface area contributed by atoms with Gasteiger partial charge in [0.2, 0.25) is 11.8 Å². The maximum atomic E-state index is 12.5. The fourth-order valence-electron chi connectivity index (χ4n) is 3.07. The van der Waals surface area contributed by atoms with Crippen LogP contribution >= 0.6 is 0 Å². The molecule has 0 saturated carbocycles. The molecule has 2 aliphatic rings. The van der Waals surface area contributed by atoms with Gasteiger partial charge in [0.25, 0.3) is 0 Å². The second-order valence-corrected chi connectivity index (χ2v) is 5.55. The van der Waals surface area contributed by atoms with E-state index in [0.29, 0.717) is 6.42 Å². The molecule has 0 aromatic heterocycles. The molecule has 1 aromatic carbocycles. The van der Waals surface area contributed by atoms with Crippen LogP contribution in [0.5, 0.6) is 0 Å². The number of para-hydroxylation sites is 1. The summed E-state index contributed by atoms with van der Waals surface area (Å²) < 4.78 is 0. The standard InChI is InChI=1S/C16H20N2O2/c19-15-9-3-4-10-17(15)12-16(20)18-11-5-7-13-6-1-2-8-14(13)18/h1-2,6,8H,3-5,7,9-12H2. The third-order valence-electron chi connectivity index (χ3n) is 4.16. The molecular formula is C16H20N2O2. The predicted molar refractivity (Wildman–Crippen MR) is 77.5 cm³/mol. The summed E-state index contributed by atoms with van der Waals surface area (Å²) in [5.74, 6) is 0.169. The highest BCUT2D eigenvalue weighted by Crippen LogP contribution is 2.27. The number of nitrogens with zero attached hydrogens (tertiary/aromatic N) is 2. The van der Waals surface area contributed by atoms with Crippen LogP contribution in [0.15, 0.2) is 24.3 Å². The van der Waals surface area contributed by atoms with E-state index in [1.165, 1.54) is 5.56 Å². The number of carbonyl (C=O) groups is 2. The van der Waals surface area contributed by atoms with Gasteiger partial charge in [-0.2, -0.15) is 0 Å². The van der Waals surface area contributed by atoms with Crippen molar-refractivity contribution in [2.75, 3.05) is 24.5 Å². The second kappa shape index (κ2) is 5.65. The van der Waals surface area contributed by atoms with Gasteiger partial charge >= 0.3 is 0 Å². The molecule has 0 radical (unpaired) electrons. The van der Waals surface area contributed by atoms with E-state index in [4.69, 9.17) is 0 Å². The number of likely N-dealkylation sites (tertiary alicyclic amines) is 1. The Morgan fingerprint density at radius 3 is 2.75 bits per heavy atom. The summed E-state index contributed by atoms with van der Waals surface area (Å²) in [7, 11) is 0. The quantitative estimate of drug-likeness (QED) is 0.826. The third kappa shape index (κ3) is 2.55. The predicted octanol–water partition coefficient (Wildman–Crippen LogP) is 1.98. The van der Waals surface area contributed by atoms with Crippen molar-refractivity contribution in [3.05, 3.63) is 29.8 Å². The summed E-state index contributed by atoms with van der Waals surface area (Å²) in [5.41, 5.74) is 2.25. The Morgan fingerprint density at radius 2 is 1.90 bits per heavy atom. The van der Waals surface area contributed by atoms with Crippen LogP contribution in [0, 0.1) is 0 Å². The smallest absolute Gasteiger partial charge is 0.246 e. The Balaban J connectivity index is 1.73. The zero-order chi connectivity index (χ0) is 13.9. The molecule has 1 aromatic rings. The van der Waals surface area contributed by atoms with Crippen LogP contribution in [-0.4, -0.2) is 36.3 Å². The number of rotatable bonds is 2. The zero-order valence-corrected chi connectivity index (χ0v) is 11.7. The topological polar surface area (TPSA) is 40.6 Å². The molecule has 0 atom stereocenters. The van der Waals surface area contributed by atoms with Crippen molar-refractivity contribution in [2.45, 2.75) is 32.1 Å². The lowest BCUT2D eigenvalue weighted by molar-refractivity contribution is -0.137. The molecule has 2 amide bonds. The van der Waals surface area contributed by atoms with E-state index in [2.05, 4.69) is 6.07 Å². The molecule has 0 bridgehead atoms. The molecule has 4 nitrogen and oxygen atoms in total. The summed E-state index contributed by atoms with van der Waals surface area (Å²) >= 11 is 0. The van der Waals surface area contributed by atoms with Crippen molar-refractivity contribution in [3.8, 4) is 0 Å². The highest BCUT2D eigenvalue weighted by atomic mass is 16.2. The molecule has 1 fully saturated rings. The van der Waals surface area contributed by atoms with Crippen molar-refractivity contribution in [3.63, 3.8) is 0 Å². The largest absolute Gasteiger partial charge is 0.333 e. The van der Waals surface area contributed by atoms with Crippen LogP contribution in [0.1, 0.15) is 31.2 Å². The molecule has 0 spiro atoms. The van der Waals surface area contributed by atoms with Gasteiger partial charge in [-0.25, -0.2) is 0 Å². The highest BCUT2D eigenvalue weighted by Gasteiger charge is 2.26. The van der Waals surface area contributed by atoms with Crippen molar-refractivity contribution < 1.29 is 9.59 Å². The monoisotopic (exact) mass is 272 g/mol. The Bertz CT molecular complexity index is 527. The summed E-state index contributed by atoms with van der Waals surface area (Å²) in [4.78, 5) is 27.9. The molecule has 1 saturated heterocycles. The number of amides is 2. The minimum absolute atomic E-state index is 0.0485. The molecule has 0 aliphatic carbocycles. The van der Waals surface area contributed by atoms with Crippen LogP contribution in [0.3, 0.4) is 0 Å². The molecule has 20 heavy (non-hydrogen) atoms. The van der Waals surface area contributed by atoms with Gasteiger partial charge in [-0.05, 0) is 37.3 Å². The summed E-state index contributed by atoms with van der Waals surface area (Å²) in [6, 6.07) is 8.07. The Morgan fingerprint density at radius 1 is 1.05 bits per heavy atom. The fourth-order valence-corrected chi connectivity index (χ4v) is 3.07. The number of fused-ring (bicyclic) bond motifs is 1. The van der Waals surface area contributed by atoms with Crippen LogP contribution in [0.4, 0.5) is 5.69 Å². The van der Waals surface area contributed by atoms with Gasteiger partial charge in [0.05, 0.1) is 0 Å². The van der Waals surface area contributed by atoms with Crippen molar-refractivity contribution in [1.82, 2.24) is 4.90 Å². The Kier molecular flexibility index (Phi) is 3.72. The molecule has 2 aliphatic heterocycles. The van der Waals surface area contributed by atoms with E-state index in [1.54, 1.807) is 4.90 Å². The van der Waals surface area contributed by atoms with Crippen molar-refractivity contribution in [2.24, 2.45) is 0 Å². The minimum Gasteiger partial charge on any atom is -0.333 e. The number of benzene rings is 1. The summed E-state index contributed by atoms with van der Waals surface area (Å²) in [5, 5.41) is 0. The van der Waals surface area contributed by atoms with Gasteiger partial charge in [-0.15, -0.1) is 0 Å². The number of aryl methyl sites for hydroxylation is 1. The van der Waals surface area contributed by atoms with E-state index in [9.17, 15) is 9.59 Å². The van der Waals surface area contributed by atoms with Crippen LogP contribution in [-0.2, 0) is 16.0 Å². The van der Waals surface area contributed by atoms with Crippen LogP contribution in [0.25, 0.3) is 0 Å². The second-order valence-electron chi connectivity index (χ2n) is 5.55. The molecule has 106 valence electrons. The molecule has 2 heterocycles. The lowest BCUT2D eigenvalue weighted by atomic mass is 10.0. The average Bonchev–Trinajstić information content (AvgIpc) is 2.49. The van der Waals surface area contributed by atoms with E-state index in [1.807, 2.05) is 23.1 Å². The maximum Gasteiger partial charge on any atom is 0.246 e. The first-order chi connectivity index (χ1) is 9.75. The van der Waals surface area contributed by atoms with Crippen molar-refractivity contribution >= 4 is 17.5 Å². The first-order valence-electron chi connectivity index (χ1n) is 7.42. The zero-order valence-electron chi connectivity index (χ0n) is 11.7. The number of carbonyl (C=O) groups excluding carboxylic acids is 2. The number of hydrogen-bond acceptors (Lipinski definition) is 2. The van der Waals surface area contributed by atoms with E-state index < -0.39 is 0 Å². The highest BCUT2D eigenvalue weighted by molar-refractivity contribution is 5.97. The average molecular weight is 272 g/mol. The summed E-state index contributed by atoms with van der Waals surface area (Å²) in [6.07, 6.45) is 4.58. The molecule has 0 unspecified atom stereocenters. The van der Waals surface area contributed by atoms with Gasteiger partial charge in [0, 0.05) is 25.2 Å². The Hall–Kier alpha value is -1.84. The molecular weight excluding hydrogens is 252 g/mol. The van der Waals surface area contributed by atoms with Gasteiger partial charge in [-0.3, -0.25) is 9.59 Å². The lowest BCUT2D eigenvalue weighted by Gasteiger charge is -2.33. The number of hydrogen-bond donors (Lipinski definition) is 0. The van der Waals surface area contributed by atoms with Crippen LogP contribution in [0.2, 0.25) is 0 Å². The lowest BCUT2D eigenvalue weighted by Crippen LogP contribution is -2.46. The first kappa shape index (κ1) is 13.2. The minimum atomic E-state index is 0.0485. The SMILES string of the molecule is O=C1CCCCN1CC(=O)N1CCCc2ccccc21. The fraction of sp³-hybridized carbons (Fsp3) is 0.500. The van der Waals surface area contributed by atoms with Crippen LogP contribution < -0.4 is 4.90 Å². The third-order valence-corrected chi connectivity index (χ3v) is 4.16. The van der Waals surface area contributed by atoms with E-state index in [-0.39, 0.29) is 18.4 Å². The summed E-state index contributed by atoms with van der Waals surface area (Å²) in [6.45, 7) is 1.71. The van der Waals surface area contributed by atoms with Gasteiger partial charge in [0.15, 0.2) is 0 Å². The van der Waals surface area contributed by atoms with Crippen molar-refractivity contribution in [1.29, 1.82) is 0 Å². The first-order valence-corrected chi connectivity index (χ1v) is 7.42. The normalized spacial score (nSPS) is 18.9. The molecule has 3 rings (SSSR count). The maximum absolute atomic E-state index is 12.5. The van der Waals surface area contributed by atoms with Gasteiger partial charge in [0.1, 0.15) is 6.54 Å². The van der Waals surface area contributed by atoms with Gasteiger partial charge in [-0.1, -0.05) is 18.2 Å².